The summed E-state index contributed by atoms with van der Waals surface area (Å²) in [5.74, 6) is -0.486. The number of nitriles is 1. The van der Waals surface area contributed by atoms with Gasteiger partial charge in [-0.2, -0.15) is 23.5 Å². The second-order valence-electron chi connectivity index (χ2n) is 9.45. The number of alkyl halides is 3. The van der Waals surface area contributed by atoms with Crippen LogP contribution in [0.2, 0.25) is 5.02 Å². The Kier molecular flexibility index (Phi) is 8.01. The van der Waals surface area contributed by atoms with Gasteiger partial charge in [0.1, 0.15) is 12.6 Å². The predicted octanol–water partition coefficient (Wildman–Crippen LogP) is 3.08. The molecule has 1 atom stereocenters. The first kappa shape index (κ1) is 28.8. The maximum atomic E-state index is 13.7. The zero-order valence-electron chi connectivity index (χ0n) is 22.1. The van der Waals surface area contributed by atoms with Gasteiger partial charge in [-0.15, -0.1) is 0 Å². The average molecular weight is 601 g/mol. The molecule has 16 heteroatoms. The van der Waals surface area contributed by atoms with Gasteiger partial charge in [-0.05, 0) is 25.1 Å². The number of piperazine rings is 1. The van der Waals surface area contributed by atoms with Gasteiger partial charge in [0.05, 0.1) is 34.1 Å². The average Bonchev–Trinajstić information content (AvgIpc) is 3.58. The number of rotatable bonds is 7. The standard InChI is InChI=1S/C26H24ClF3N10O2/c1-15(25(42)38-9-5-32-6-10-38)35-24(41)17-3-2-16(12-19(17)27)36-22-23-34-13-20(40(23)11-7-33-22)18-14-39(8-4-31)37-21(18)26(28,29)30/h2-3,7,11-15,32H,5-6,8-10H2,1H3,(H,33,36)(H,35,41)/t15-/m1/s1. The number of halogens is 4. The van der Waals surface area contributed by atoms with E-state index in [1.807, 2.05) is 0 Å². The van der Waals surface area contributed by atoms with E-state index >= 15 is 0 Å². The van der Waals surface area contributed by atoms with Crippen LogP contribution in [0.25, 0.3) is 16.9 Å². The van der Waals surface area contributed by atoms with Crippen LogP contribution in [0.5, 0.6) is 0 Å². The van der Waals surface area contributed by atoms with Crippen molar-refractivity contribution in [2.75, 3.05) is 31.5 Å². The Labute approximate surface area is 242 Å². The topological polar surface area (TPSA) is 145 Å². The molecular weight excluding hydrogens is 577 g/mol. The van der Waals surface area contributed by atoms with E-state index in [4.69, 9.17) is 16.9 Å². The molecule has 1 aliphatic rings. The largest absolute Gasteiger partial charge is 0.435 e. The predicted molar refractivity (Wildman–Crippen MR) is 146 cm³/mol. The number of hydrogen-bond donors (Lipinski definition) is 3. The van der Waals surface area contributed by atoms with Gasteiger partial charge < -0.3 is 20.9 Å². The monoisotopic (exact) mass is 600 g/mol. The molecule has 1 fully saturated rings. The molecule has 4 aromatic rings. The molecule has 1 saturated heterocycles. The lowest BCUT2D eigenvalue weighted by Gasteiger charge is -2.30. The van der Waals surface area contributed by atoms with Crippen molar-refractivity contribution < 1.29 is 22.8 Å². The molecule has 12 nitrogen and oxygen atoms in total. The van der Waals surface area contributed by atoms with Crippen LogP contribution in [-0.4, -0.2) is 73.1 Å². The van der Waals surface area contributed by atoms with E-state index in [0.717, 1.165) is 10.9 Å². The van der Waals surface area contributed by atoms with E-state index < -0.39 is 23.8 Å². The summed E-state index contributed by atoms with van der Waals surface area (Å²) in [5.41, 5.74) is -0.482. The Balaban J connectivity index is 1.36. The minimum absolute atomic E-state index is 0.0986. The third-order valence-corrected chi connectivity index (χ3v) is 6.90. The Morgan fingerprint density at radius 3 is 2.69 bits per heavy atom. The highest BCUT2D eigenvalue weighted by molar-refractivity contribution is 6.34. The minimum atomic E-state index is -4.75. The van der Waals surface area contributed by atoms with Crippen LogP contribution < -0.4 is 16.0 Å². The molecule has 0 aliphatic carbocycles. The molecule has 3 N–H and O–H groups in total. The van der Waals surface area contributed by atoms with Crippen LogP contribution in [0.1, 0.15) is 23.0 Å². The summed E-state index contributed by atoms with van der Waals surface area (Å²) in [6, 6.07) is 5.58. The second-order valence-corrected chi connectivity index (χ2v) is 9.85. The zero-order valence-corrected chi connectivity index (χ0v) is 22.9. The van der Waals surface area contributed by atoms with Gasteiger partial charge in [0.2, 0.25) is 5.91 Å². The van der Waals surface area contributed by atoms with Gasteiger partial charge in [0.15, 0.2) is 17.2 Å². The Morgan fingerprint density at radius 1 is 1.24 bits per heavy atom. The fourth-order valence-corrected chi connectivity index (χ4v) is 4.85. The van der Waals surface area contributed by atoms with Crippen molar-refractivity contribution in [1.82, 2.24) is 39.7 Å². The number of aromatic nitrogens is 5. The Hall–Kier alpha value is -4.68. The molecule has 1 aliphatic heterocycles. The summed E-state index contributed by atoms with van der Waals surface area (Å²) in [7, 11) is 0. The van der Waals surface area contributed by atoms with Crippen molar-refractivity contribution in [3.63, 3.8) is 0 Å². The molecule has 0 spiro atoms. The number of nitrogens with zero attached hydrogens (tertiary/aromatic N) is 7. The SMILES string of the molecule is C[C@@H](NC(=O)c1ccc(Nc2nccn3c(-c4cn(CC#N)nc4C(F)(F)F)cnc23)cc1Cl)C(=O)N1CCNCC1. The summed E-state index contributed by atoms with van der Waals surface area (Å²) in [6.07, 6.45) is 0.482. The summed E-state index contributed by atoms with van der Waals surface area (Å²) < 4.78 is 43.5. The van der Waals surface area contributed by atoms with Crippen LogP contribution >= 0.6 is 11.6 Å². The molecule has 4 heterocycles. The highest BCUT2D eigenvalue weighted by Crippen LogP contribution is 2.37. The van der Waals surface area contributed by atoms with E-state index in [0.29, 0.717) is 31.9 Å². The first-order valence-corrected chi connectivity index (χ1v) is 13.2. The van der Waals surface area contributed by atoms with E-state index in [1.165, 1.54) is 35.1 Å². The zero-order chi connectivity index (χ0) is 30.0. The summed E-state index contributed by atoms with van der Waals surface area (Å²) in [6.45, 7) is 3.77. The number of amides is 2. The molecule has 42 heavy (non-hydrogen) atoms. The molecular formula is C26H24ClF3N10O2. The second kappa shape index (κ2) is 11.7. The lowest BCUT2D eigenvalue weighted by molar-refractivity contribution is -0.141. The number of imidazole rings is 1. The summed E-state index contributed by atoms with van der Waals surface area (Å²) in [4.78, 5) is 35.7. The fraction of sp³-hybridized carbons (Fsp3) is 0.308. The fourth-order valence-electron chi connectivity index (χ4n) is 4.59. The maximum Gasteiger partial charge on any atom is 0.435 e. The minimum Gasteiger partial charge on any atom is -0.340 e. The smallest absolute Gasteiger partial charge is 0.340 e. The molecule has 0 unspecified atom stereocenters. The quantitative estimate of drug-likeness (QED) is 0.293. The van der Waals surface area contributed by atoms with Crippen LogP contribution in [0.3, 0.4) is 0 Å². The molecule has 5 rings (SSSR count). The van der Waals surface area contributed by atoms with Crippen molar-refractivity contribution in [3.05, 3.63) is 59.3 Å². The van der Waals surface area contributed by atoms with E-state index in [2.05, 4.69) is 31.0 Å². The lowest BCUT2D eigenvalue weighted by Crippen LogP contribution is -2.53. The summed E-state index contributed by atoms with van der Waals surface area (Å²) >= 11 is 6.41. The molecule has 1 aromatic carbocycles. The first-order valence-electron chi connectivity index (χ1n) is 12.8. The molecule has 0 bridgehead atoms. The number of carbonyl (C=O) groups is 2. The van der Waals surface area contributed by atoms with Gasteiger partial charge in [0.25, 0.3) is 5.91 Å². The number of anilines is 2. The summed E-state index contributed by atoms with van der Waals surface area (Å²) in [5, 5.41) is 21.4. The molecule has 2 amide bonds. The number of carbonyl (C=O) groups excluding carboxylic acids is 2. The van der Waals surface area contributed by atoms with Crippen molar-refractivity contribution >= 4 is 40.6 Å². The Morgan fingerprint density at radius 2 is 2.00 bits per heavy atom. The van der Waals surface area contributed by atoms with Gasteiger partial charge in [-0.1, -0.05) is 11.6 Å². The van der Waals surface area contributed by atoms with Crippen LogP contribution in [0, 0.1) is 11.3 Å². The van der Waals surface area contributed by atoms with E-state index in [1.54, 1.807) is 24.0 Å². The van der Waals surface area contributed by atoms with Gasteiger partial charge in [-0.3, -0.25) is 18.7 Å². The number of benzene rings is 1. The third kappa shape index (κ3) is 5.85. The van der Waals surface area contributed by atoms with Crippen LogP contribution in [0.4, 0.5) is 24.7 Å². The highest BCUT2D eigenvalue weighted by Gasteiger charge is 2.38. The third-order valence-electron chi connectivity index (χ3n) is 6.59. The molecule has 0 radical (unpaired) electrons. The Bertz CT molecular complexity index is 1690. The van der Waals surface area contributed by atoms with Crippen molar-refractivity contribution in [3.8, 4) is 17.3 Å². The van der Waals surface area contributed by atoms with Crippen molar-refractivity contribution in [1.29, 1.82) is 5.26 Å². The van der Waals surface area contributed by atoms with E-state index in [-0.39, 0.29) is 45.8 Å². The maximum absolute atomic E-state index is 13.7. The number of nitrogens with one attached hydrogen (secondary N) is 3. The normalized spacial score (nSPS) is 14.4. The number of fused-ring (bicyclic) bond motifs is 1. The highest BCUT2D eigenvalue weighted by atomic mass is 35.5. The van der Waals surface area contributed by atoms with Crippen molar-refractivity contribution in [2.45, 2.75) is 25.7 Å². The lowest BCUT2D eigenvalue weighted by atomic mass is 10.1. The van der Waals surface area contributed by atoms with Gasteiger partial charge >= 0.3 is 6.18 Å². The van der Waals surface area contributed by atoms with Crippen LogP contribution in [0.15, 0.2) is 43.0 Å². The van der Waals surface area contributed by atoms with Crippen molar-refractivity contribution in [2.24, 2.45) is 0 Å². The molecule has 0 saturated carbocycles. The first-order chi connectivity index (χ1) is 20.1. The molecule has 3 aromatic heterocycles. The number of hydrogen-bond acceptors (Lipinski definition) is 8. The van der Waals surface area contributed by atoms with Crippen LogP contribution in [-0.2, 0) is 17.5 Å². The van der Waals surface area contributed by atoms with E-state index in [9.17, 15) is 22.8 Å². The molecule has 218 valence electrons. The van der Waals surface area contributed by atoms with Gasteiger partial charge in [0, 0.05) is 50.5 Å². The van der Waals surface area contributed by atoms with Gasteiger partial charge in [-0.25, -0.2) is 9.97 Å².